The molecular formula is C13H9Cl2FO. The van der Waals surface area contributed by atoms with Gasteiger partial charge in [0.2, 0.25) is 0 Å². The van der Waals surface area contributed by atoms with E-state index in [0.29, 0.717) is 21.4 Å². The number of benzene rings is 2. The van der Waals surface area contributed by atoms with Crippen LogP contribution in [0.1, 0.15) is 0 Å². The summed E-state index contributed by atoms with van der Waals surface area (Å²) in [5, 5.41) is 0.884. The molecule has 0 aliphatic rings. The van der Waals surface area contributed by atoms with Crippen molar-refractivity contribution in [2.45, 2.75) is 0 Å². The fraction of sp³-hybridized carbons (Fsp3) is 0.0769. The van der Waals surface area contributed by atoms with Crippen LogP contribution in [0.5, 0.6) is 5.75 Å². The molecule has 0 heterocycles. The van der Waals surface area contributed by atoms with Crippen LogP contribution in [-0.4, -0.2) is 7.11 Å². The van der Waals surface area contributed by atoms with Gasteiger partial charge in [0, 0.05) is 17.2 Å². The average Bonchev–Trinajstić information content (AvgIpc) is 2.33. The summed E-state index contributed by atoms with van der Waals surface area (Å²) >= 11 is 12.1. The lowest BCUT2D eigenvalue weighted by atomic mass is 10.0. The Labute approximate surface area is 109 Å². The first kappa shape index (κ1) is 12.2. The summed E-state index contributed by atoms with van der Waals surface area (Å²) in [4.78, 5) is 0. The van der Waals surface area contributed by atoms with Gasteiger partial charge in [-0.15, -0.1) is 0 Å². The zero-order valence-corrected chi connectivity index (χ0v) is 10.5. The van der Waals surface area contributed by atoms with Gasteiger partial charge in [-0.1, -0.05) is 35.3 Å². The summed E-state index contributed by atoms with van der Waals surface area (Å²) in [7, 11) is 1.48. The number of ether oxygens (including phenoxy) is 1. The van der Waals surface area contributed by atoms with Crippen molar-refractivity contribution in [1.82, 2.24) is 0 Å². The summed E-state index contributed by atoms with van der Waals surface area (Å²) in [6.07, 6.45) is 0. The van der Waals surface area contributed by atoms with Crippen LogP contribution in [-0.2, 0) is 0 Å². The Kier molecular flexibility index (Phi) is 3.55. The van der Waals surface area contributed by atoms with E-state index in [1.54, 1.807) is 18.2 Å². The molecule has 0 saturated carbocycles. The second kappa shape index (κ2) is 4.94. The zero-order valence-electron chi connectivity index (χ0n) is 9.01. The Morgan fingerprint density at radius 2 is 1.82 bits per heavy atom. The molecule has 0 N–H and O–H groups in total. The number of hydrogen-bond donors (Lipinski definition) is 0. The highest BCUT2D eigenvalue weighted by molar-refractivity contribution is 6.43. The predicted molar refractivity (Wildman–Crippen MR) is 68.4 cm³/mol. The molecule has 0 bridgehead atoms. The van der Waals surface area contributed by atoms with Gasteiger partial charge in [-0.2, -0.15) is 0 Å². The Morgan fingerprint density at radius 3 is 2.53 bits per heavy atom. The van der Waals surface area contributed by atoms with Crippen LogP contribution in [0.4, 0.5) is 4.39 Å². The Balaban J connectivity index is 2.64. The Bertz CT molecular complexity index is 555. The molecule has 17 heavy (non-hydrogen) atoms. The number of hydrogen-bond acceptors (Lipinski definition) is 1. The maximum Gasteiger partial charge on any atom is 0.129 e. The minimum atomic E-state index is -0.358. The van der Waals surface area contributed by atoms with Crippen molar-refractivity contribution < 1.29 is 9.13 Å². The van der Waals surface area contributed by atoms with Crippen molar-refractivity contribution >= 4 is 23.2 Å². The molecule has 0 spiro atoms. The molecule has 0 saturated heterocycles. The number of halogens is 3. The normalized spacial score (nSPS) is 10.4. The third-order valence-corrected chi connectivity index (χ3v) is 3.22. The molecule has 1 nitrogen and oxygen atoms in total. The molecule has 0 amide bonds. The van der Waals surface area contributed by atoms with Crippen molar-refractivity contribution in [3.05, 3.63) is 52.3 Å². The first-order chi connectivity index (χ1) is 8.13. The smallest absolute Gasteiger partial charge is 0.129 e. The van der Waals surface area contributed by atoms with Crippen LogP contribution in [0.2, 0.25) is 10.0 Å². The van der Waals surface area contributed by atoms with Gasteiger partial charge in [-0.3, -0.25) is 0 Å². The molecule has 0 aromatic heterocycles. The minimum Gasteiger partial charge on any atom is -0.496 e. The van der Waals surface area contributed by atoms with E-state index in [0.717, 1.165) is 5.56 Å². The van der Waals surface area contributed by atoms with E-state index in [1.807, 2.05) is 6.07 Å². The molecule has 0 aliphatic heterocycles. The highest BCUT2D eigenvalue weighted by Gasteiger charge is 2.12. The lowest BCUT2D eigenvalue weighted by molar-refractivity contribution is 0.413. The topological polar surface area (TPSA) is 9.23 Å². The summed E-state index contributed by atoms with van der Waals surface area (Å²) in [5.74, 6) is 0.0675. The molecule has 0 atom stereocenters. The maximum absolute atomic E-state index is 13.1. The maximum atomic E-state index is 13.1. The second-order valence-electron chi connectivity index (χ2n) is 3.45. The highest BCUT2D eigenvalue weighted by Crippen LogP contribution is 2.38. The molecule has 2 rings (SSSR count). The second-order valence-corrected chi connectivity index (χ2v) is 4.23. The molecule has 0 aliphatic carbocycles. The summed E-state index contributed by atoms with van der Waals surface area (Å²) < 4.78 is 18.2. The van der Waals surface area contributed by atoms with Crippen LogP contribution < -0.4 is 4.74 Å². The summed E-state index contributed by atoms with van der Waals surface area (Å²) in [6, 6.07) is 9.58. The summed E-state index contributed by atoms with van der Waals surface area (Å²) in [5.41, 5.74) is 1.43. The molecule has 0 radical (unpaired) electrons. The lowest BCUT2D eigenvalue weighted by Crippen LogP contribution is -1.90. The SMILES string of the molecule is COc1cc(F)ccc1-c1cccc(Cl)c1Cl. The number of rotatable bonds is 2. The van der Waals surface area contributed by atoms with Crippen molar-refractivity contribution in [2.75, 3.05) is 7.11 Å². The molecule has 4 heteroatoms. The van der Waals surface area contributed by atoms with E-state index in [2.05, 4.69) is 0 Å². The van der Waals surface area contributed by atoms with Gasteiger partial charge in [-0.05, 0) is 18.2 Å². The van der Waals surface area contributed by atoms with Crippen molar-refractivity contribution in [2.24, 2.45) is 0 Å². The van der Waals surface area contributed by atoms with Gasteiger partial charge in [0.1, 0.15) is 11.6 Å². The van der Waals surface area contributed by atoms with E-state index in [-0.39, 0.29) is 5.82 Å². The van der Waals surface area contributed by atoms with Gasteiger partial charge in [0.15, 0.2) is 0 Å². The lowest BCUT2D eigenvalue weighted by Gasteiger charge is -2.10. The molecule has 0 fully saturated rings. The van der Waals surface area contributed by atoms with Crippen LogP contribution >= 0.6 is 23.2 Å². The van der Waals surface area contributed by atoms with Crippen LogP contribution in [0.3, 0.4) is 0 Å². The predicted octanol–water partition coefficient (Wildman–Crippen LogP) is 4.81. The van der Waals surface area contributed by atoms with Gasteiger partial charge < -0.3 is 4.74 Å². The van der Waals surface area contributed by atoms with Crippen LogP contribution in [0.25, 0.3) is 11.1 Å². The Morgan fingerprint density at radius 1 is 1.06 bits per heavy atom. The standard InChI is InChI=1S/C13H9Cl2FO/c1-17-12-7-8(16)5-6-9(12)10-3-2-4-11(14)13(10)15/h2-7H,1H3. The van der Waals surface area contributed by atoms with Gasteiger partial charge in [0.25, 0.3) is 0 Å². The molecule has 88 valence electrons. The van der Waals surface area contributed by atoms with Gasteiger partial charge in [-0.25, -0.2) is 4.39 Å². The van der Waals surface area contributed by atoms with E-state index in [4.69, 9.17) is 27.9 Å². The Hall–Kier alpha value is -1.25. The van der Waals surface area contributed by atoms with E-state index in [9.17, 15) is 4.39 Å². The third-order valence-electron chi connectivity index (χ3n) is 2.41. The van der Waals surface area contributed by atoms with Gasteiger partial charge >= 0.3 is 0 Å². The van der Waals surface area contributed by atoms with E-state index >= 15 is 0 Å². The van der Waals surface area contributed by atoms with Crippen LogP contribution in [0, 0.1) is 5.82 Å². The third kappa shape index (κ3) is 2.38. The molecule has 0 unspecified atom stereocenters. The first-order valence-electron chi connectivity index (χ1n) is 4.91. The molecule has 2 aromatic carbocycles. The summed E-state index contributed by atoms with van der Waals surface area (Å²) in [6.45, 7) is 0. The average molecular weight is 271 g/mol. The fourth-order valence-electron chi connectivity index (χ4n) is 1.60. The number of methoxy groups -OCH3 is 1. The van der Waals surface area contributed by atoms with Crippen molar-refractivity contribution in [3.8, 4) is 16.9 Å². The van der Waals surface area contributed by atoms with Gasteiger partial charge in [0.05, 0.1) is 17.2 Å². The minimum absolute atomic E-state index is 0.358. The van der Waals surface area contributed by atoms with Crippen molar-refractivity contribution in [3.63, 3.8) is 0 Å². The molecule has 2 aromatic rings. The first-order valence-corrected chi connectivity index (χ1v) is 5.67. The quantitative estimate of drug-likeness (QED) is 0.761. The molecular weight excluding hydrogens is 262 g/mol. The monoisotopic (exact) mass is 270 g/mol. The largest absolute Gasteiger partial charge is 0.496 e. The van der Waals surface area contributed by atoms with E-state index in [1.165, 1.54) is 19.2 Å². The van der Waals surface area contributed by atoms with Crippen molar-refractivity contribution in [1.29, 1.82) is 0 Å². The van der Waals surface area contributed by atoms with Crippen LogP contribution in [0.15, 0.2) is 36.4 Å². The fourth-order valence-corrected chi connectivity index (χ4v) is 2.00. The van der Waals surface area contributed by atoms with E-state index < -0.39 is 0 Å². The highest BCUT2D eigenvalue weighted by atomic mass is 35.5. The zero-order chi connectivity index (χ0) is 12.4.